The monoisotopic (exact) mass is 372 g/mol. The van der Waals surface area contributed by atoms with Crippen LogP contribution < -0.4 is 10.6 Å². The number of nitrogens with zero attached hydrogens (tertiary/aromatic N) is 2. The van der Waals surface area contributed by atoms with Crippen LogP contribution in [0.4, 0.5) is 5.69 Å². The summed E-state index contributed by atoms with van der Waals surface area (Å²) in [4.78, 5) is 0. The van der Waals surface area contributed by atoms with Gasteiger partial charge in [0, 0.05) is 24.2 Å². The molecule has 130 valence electrons. The van der Waals surface area contributed by atoms with Crippen molar-refractivity contribution in [3.8, 4) is 0 Å². The molecule has 0 unspecified atom stereocenters. The first-order valence-corrected chi connectivity index (χ1v) is 9.07. The maximum atomic E-state index is 6.17. The van der Waals surface area contributed by atoms with E-state index in [4.69, 9.17) is 23.8 Å². The molecule has 0 radical (unpaired) electrons. The van der Waals surface area contributed by atoms with Crippen LogP contribution in [0.5, 0.6) is 0 Å². The van der Waals surface area contributed by atoms with Gasteiger partial charge in [0.05, 0.1) is 16.4 Å². The van der Waals surface area contributed by atoms with Crippen molar-refractivity contribution >= 4 is 45.4 Å². The van der Waals surface area contributed by atoms with Gasteiger partial charge in [-0.05, 0) is 43.9 Å². The Hall–Kier alpha value is -2.11. The van der Waals surface area contributed by atoms with Crippen LogP contribution in [-0.2, 0) is 6.54 Å². The highest BCUT2D eigenvalue weighted by molar-refractivity contribution is 7.80. The normalized spacial score (nSPS) is 10.8. The lowest BCUT2D eigenvalue weighted by Crippen LogP contribution is -2.30. The number of hydrogen-bond donors (Lipinski definition) is 2. The average molecular weight is 373 g/mol. The van der Waals surface area contributed by atoms with E-state index in [2.05, 4.69) is 33.9 Å². The molecule has 0 aliphatic carbocycles. The smallest absolute Gasteiger partial charge is 0.170 e. The van der Waals surface area contributed by atoms with Gasteiger partial charge in [-0.3, -0.25) is 4.68 Å². The quantitative estimate of drug-likeness (QED) is 0.504. The zero-order valence-electron chi connectivity index (χ0n) is 14.3. The molecule has 2 N–H and O–H groups in total. The largest absolute Gasteiger partial charge is 0.362 e. The maximum absolute atomic E-state index is 6.17. The van der Waals surface area contributed by atoms with Gasteiger partial charge >= 0.3 is 0 Å². The summed E-state index contributed by atoms with van der Waals surface area (Å²) in [7, 11) is 0. The fourth-order valence-corrected chi connectivity index (χ4v) is 3.17. The SMILES string of the molecule is Cc1nn(CCCNC(=S)Nc2cccc3ccccc23)c(C)c1Cl. The van der Waals surface area contributed by atoms with Crippen molar-refractivity contribution in [2.24, 2.45) is 0 Å². The second-order valence-corrected chi connectivity index (χ2v) is 6.76. The highest BCUT2D eigenvalue weighted by Crippen LogP contribution is 2.22. The molecule has 0 aliphatic rings. The Bertz CT molecular complexity index is 898. The molecule has 1 aromatic heterocycles. The second kappa shape index (κ2) is 7.85. The maximum Gasteiger partial charge on any atom is 0.170 e. The molecule has 25 heavy (non-hydrogen) atoms. The van der Waals surface area contributed by atoms with Gasteiger partial charge in [-0.25, -0.2) is 0 Å². The number of fused-ring (bicyclic) bond motifs is 1. The number of thiocarbonyl (C=S) groups is 1. The lowest BCUT2D eigenvalue weighted by molar-refractivity contribution is 0.558. The molecular formula is C19H21ClN4S. The highest BCUT2D eigenvalue weighted by atomic mass is 35.5. The predicted molar refractivity (Wildman–Crippen MR) is 109 cm³/mol. The molecule has 0 saturated carbocycles. The molecule has 0 aliphatic heterocycles. The zero-order valence-corrected chi connectivity index (χ0v) is 15.9. The zero-order chi connectivity index (χ0) is 17.8. The topological polar surface area (TPSA) is 41.9 Å². The van der Waals surface area contributed by atoms with Gasteiger partial charge in [0.25, 0.3) is 0 Å². The fraction of sp³-hybridized carbons (Fsp3) is 0.263. The molecule has 6 heteroatoms. The summed E-state index contributed by atoms with van der Waals surface area (Å²) in [6.07, 6.45) is 0.912. The van der Waals surface area contributed by atoms with Crippen molar-refractivity contribution < 1.29 is 0 Å². The first-order valence-electron chi connectivity index (χ1n) is 8.28. The number of benzene rings is 2. The lowest BCUT2D eigenvalue weighted by Gasteiger charge is -2.13. The lowest BCUT2D eigenvalue weighted by atomic mass is 10.1. The molecule has 3 rings (SSSR count). The predicted octanol–water partition coefficient (Wildman–Crippen LogP) is 4.68. The van der Waals surface area contributed by atoms with Crippen molar-refractivity contribution in [2.75, 3.05) is 11.9 Å². The van der Waals surface area contributed by atoms with E-state index < -0.39 is 0 Å². The summed E-state index contributed by atoms with van der Waals surface area (Å²) >= 11 is 11.6. The van der Waals surface area contributed by atoms with Crippen LogP contribution in [0.1, 0.15) is 17.8 Å². The number of aromatic nitrogens is 2. The number of hydrogen-bond acceptors (Lipinski definition) is 2. The van der Waals surface area contributed by atoms with Crippen LogP contribution in [0, 0.1) is 13.8 Å². The number of halogens is 1. The van der Waals surface area contributed by atoms with Crippen LogP contribution in [0.2, 0.25) is 5.02 Å². The number of aryl methyl sites for hydroxylation is 2. The molecule has 0 fully saturated rings. The highest BCUT2D eigenvalue weighted by Gasteiger charge is 2.08. The van der Waals surface area contributed by atoms with Crippen molar-refractivity contribution in [3.63, 3.8) is 0 Å². The molecule has 0 atom stereocenters. The number of rotatable bonds is 5. The Balaban J connectivity index is 1.52. The van der Waals surface area contributed by atoms with Crippen LogP contribution in [0.3, 0.4) is 0 Å². The van der Waals surface area contributed by atoms with Crippen molar-refractivity contribution in [3.05, 3.63) is 58.9 Å². The molecule has 0 saturated heterocycles. The number of anilines is 1. The molecular weight excluding hydrogens is 352 g/mol. The molecule has 0 spiro atoms. The Morgan fingerprint density at radius 2 is 1.92 bits per heavy atom. The van der Waals surface area contributed by atoms with E-state index in [9.17, 15) is 0 Å². The molecule has 2 aromatic carbocycles. The summed E-state index contributed by atoms with van der Waals surface area (Å²) in [5, 5.41) is 14.7. The van der Waals surface area contributed by atoms with Crippen molar-refractivity contribution in [1.82, 2.24) is 15.1 Å². The summed E-state index contributed by atoms with van der Waals surface area (Å²) in [5.74, 6) is 0. The van der Waals surface area contributed by atoms with E-state index in [0.29, 0.717) is 5.11 Å². The standard InChI is InChI=1S/C19H21ClN4S/c1-13-18(20)14(2)24(23-13)12-6-11-21-19(25)22-17-10-5-8-15-7-3-4-9-16(15)17/h3-5,7-10H,6,11-12H2,1-2H3,(H2,21,22,25). The number of nitrogens with one attached hydrogen (secondary N) is 2. The summed E-state index contributed by atoms with van der Waals surface area (Å²) < 4.78 is 1.94. The molecule has 3 aromatic rings. The summed E-state index contributed by atoms with van der Waals surface area (Å²) in [6.45, 7) is 5.49. The molecule has 0 bridgehead atoms. The van der Waals surface area contributed by atoms with Crippen LogP contribution in [0.15, 0.2) is 42.5 Å². The van der Waals surface area contributed by atoms with E-state index in [1.54, 1.807) is 0 Å². The van der Waals surface area contributed by atoms with E-state index in [-0.39, 0.29) is 0 Å². The van der Waals surface area contributed by atoms with E-state index in [1.807, 2.05) is 42.8 Å². The Kier molecular flexibility index (Phi) is 5.56. The minimum Gasteiger partial charge on any atom is -0.362 e. The third kappa shape index (κ3) is 4.11. The van der Waals surface area contributed by atoms with Gasteiger partial charge in [0.2, 0.25) is 0 Å². The summed E-state index contributed by atoms with van der Waals surface area (Å²) in [5.41, 5.74) is 2.90. The third-order valence-corrected chi connectivity index (χ3v) is 4.96. The van der Waals surface area contributed by atoms with Gasteiger partial charge in [-0.15, -0.1) is 0 Å². The van der Waals surface area contributed by atoms with Gasteiger partial charge in [-0.1, -0.05) is 48.0 Å². The van der Waals surface area contributed by atoms with Gasteiger partial charge in [0.15, 0.2) is 5.11 Å². The Morgan fingerprint density at radius 3 is 2.68 bits per heavy atom. The van der Waals surface area contributed by atoms with E-state index in [0.717, 1.165) is 47.0 Å². The van der Waals surface area contributed by atoms with Crippen LogP contribution >= 0.6 is 23.8 Å². The molecule has 4 nitrogen and oxygen atoms in total. The summed E-state index contributed by atoms with van der Waals surface area (Å²) in [6, 6.07) is 14.4. The molecule has 0 amide bonds. The second-order valence-electron chi connectivity index (χ2n) is 5.97. The van der Waals surface area contributed by atoms with Gasteiger partial charge in [-0.2, -0.15) is 5.10 Å². The third-order valence-electron chi connectivity index (χ3n) is 4.16. The van der Waals surface area contributed by atoms with Crippen molar-refractivity contribution in [1.29, 1.82) is 0 Å². The minimum atomic E-state index is 0.628. The van der Waals surface area contributed by atoms with Crippen molar-refractivity contribution in [2.45, 2.75) is 26.8 Å². The van der Waals surface area contributed by atoms with E-state index in [1.165, 1.54) is 5.39 Å². The average Bonchev–Trinajstić information content (AvgIpc) is 2.86. The fourth-order valence-electron chi connectivity index (χ4n) is 2.82. The Labute approximate surface area is 158 Å². The van der Waals surface area contributed by atoms with E-state index >= 15 is 0 Å². The van der Waals surface area contributed by atoms with Crippen LogP contribution in [-0.4, -0.2) is 21.4 Å². The molecule has 1 heterocycles. The minimum absolute atomic E-state index is 0.628. The van der Waals surface area contributed by atoms with Gasteiger partial charge in [0.1, 0.15) is 0 Å². The Morgan fingerprint density at radius 1 is 1.16 bits per heavy atom. The first kappa shape index (κ1) is 17.7. The van der Waals surface area contributed by atoms with Crippen LogP contribution in [0.25, 0.3) is 10.8 Å². The first-order chi connectivity index (χ1) is 12.1. The van der Waals surface area contributed by atoms with Gasteiger partial charge < -0.3 is 10.6 Å².